The summed E-state index contributed by atoms with van der Waals surface area (Å²) in [5, 5.41) is 0. The molecule has 2 aromatic carbocycles. The van der Waals surface area contributed by atoms with Crippen LogP contribution in [0.4, 0.5) is 17.6 Å². The summed E-state index contributed by atoms with van der Waals surface area (Å²) < 4.78 is 56.9. The van der Waals surface area contributed by atoms with E-state index in [4.69, 9.17) is 4.74 Å². The van der Waals surface area contributed by atoms with Crippen LogP contribution in [0.5, 0.6) is 0 Å². The maximum Gasteiger partial charge on any atom is 0.416 e. The molecule has 2 aromatic rings. The van der Waals surface area contributed by atoms with Gasteiger partial charge >= 0.3 is 12.1 Å². The lowest BCUT2D eigenvalue weighted by molar-refractivity contribution is -0.137. The summed E-state index contributed by atoms with van der Waals surface area (Å²) in [6, 6.07) is 7.88. The molecule has 0 aromatic heterocycles. The van der Waals surface area contributed by atoms with Crippen molar-refractivity contribution >= 4 is 5.97 Å². The Bertz CT molecular complexity index is 693. The third-order valence-electron chi connectivity index (χ3n) is 2.98. The van der Waals surface area contributed by atoms with E-state index in [2.05, 4.69) is 0 Å². The van der Waals surface area contributed by atoms with E-state index in [1.807, 2.05) is 0 Å². The Labute approximate surface area is 124 Å². The molecule has 0 saturated heterocycles. The van der Waals surface area contributed by atoms with Gasteiger partial charge in [0.2, 0.25) is 0 Å². The fourth-order valence-corrected chi connectivity index (χ4v) is 1.95. The molecule has 0 aliphatic carbocycles. The largest absolute Gasteiger partial charge is 0.462 e. The van der Waals surface area contributed by atoms with E-state index >= 15 is 0 Å². The maximum absolute atomic E-state index is 14.1. The number of carbonyl (C=O) groups is 1. The summed E-state index contributed by atoms with van der Waals surface area (Å²) in [6.45, 7) is 1.76. The number of rotatable bonds is 3. The van der Waals surface area contributed by atoms with Gasteiger partial charge in [-0.05, 0) is 36.8 Å². The standard InChI is InChI=1S/C16H12F4O2/c1-2-22-15(21)11-6-7-13(14(17)9-11)10-4-3-5-12(8-10)16(18,19)20/h3-9H,2H2,1H3. The lowest BCUT2D eigenvalue weighted by Gasteiger charge is -2.10. The number of alkyl halides is 3. The maximum atomic E-state index is 14.1. The normalized spacial score (nSPS) is 11.3. The molecule has 0 saturated carbocycles. The van der Waals surface area contributed by atoms with Crippen LogP contribution in [0.25, 0.3) is 11.1 Å². The van der Waals surface area contributed by atoms with Crippen molar-refractivity contribution in [3.05, 3.63) is 59.4 Å². The number of halogens is 4. The Balaban J connectivity index is 2.40. The van der Waals surface area contributed by atoms with Gasteiger partial charge in [-0.2, -0.15) is 13.2 Å². The molecule has 0 aliphatic rings. The summed E-state index contributed by atoms with van der Waals surface area (Å²) in [5.74, 6) is -1.47. The molecule has 0 amide bonds. The molecule has 0 N–H and O–H groups in total. The second-order valence-corrected chi connectivity index (χ2v) is 4.49. The summed E-state index contributed by atoms with van der Waals surface area (Å²) in [4.78, 5) is 11.5. The molecule has 2 nitrogen and oxygen atoms in total. The zero-order valence-electron chi connectivity index (χ0n) is 11.6. The zero-order valence-corrected chi connectivity index (χ0v) is 11.6. The first kappa shape index (κ1) is 16.0. The minimum absolute atomic E-state index is 0.00933. The van der Waals surface area contributed by atoms with Crippen LogP contribution in [0.3, 0.4) is 0 Å². The highest BCUT2D eigenvalue weighted by atomic mass is 19.4. The Morgan fingerprint density at radius 3 is 2.45 bits per heavy atom. The summed E-state index contributed by atoms with van der Waals surface area (Å²) in [7, 11) is 0. The van der Waals surface area contributed by atoms with Gasteiger partial charge in [-0.15, -0.1) is 0 Å². The van der Waals surface area contributed by atoms with Gasteiger partial charge in [-0.25, -0.2) is 9.18 Å². The van der Waals surface area contributed by atoms with Crippen LogP contribution in [0, 0.1) is 5.82 Å². The molecule has 2 rings (SSSR count). The first-order valence-corrected chi connectivity index (χ1v) is 6.47. The fraction of sp³-hybridized carbons (Fsp3) is 0.188. The third kappa shape index (κ3) is 3.44. The Morgan fingerprint density at radius 1 is 1.14 bits per heavy atom. The fourth-order valence-electron chi connectivity index (χ4n) is 1.95. The van der Waals surface area contributed by atoms with Gasteiger partial charge in [0.05, 0.1) is 17.7 Å². The molecule has 0 atom stereocenters. The zero-order chi connectivity index (χ0) is 16.3. The van der Waals surface area contributed by atoms with Crippen LogP contribution in [0.1, 0.15) is 22.8 Å². The van der Waals surface area contributed by atoms with E-state index in [0.717, 1.165) is 18.2 Å². The molecule has 0 fully saturated rings. The van der Waals surface area contributed by atoms with Crippen molar-refractivity contribution in [3.63, 3.8) is 0 Å². The van der Waals surface area contributed by atoms with Gasteiger partial charge in [0.15, 0.2) is 0 Å². The smallest absolute Gasteiger partial charge is 0.416 e. The van der Waals surface area contributed by atoms with Crippen molar-refractivity contribution in [2.45, 2.75) is 13.1 Å². The molecule has 116 valence electrons. The predicted octanol–water partition coefficient (Wildman–Crippen LogP) is 4.69. The molecular formula is C16H12F4O2. The van der Waals surface area contributed by atoms with Crippen LogP contribution < -0.4 is 0 Å². The highest BCUT2D eigenvalue weighted by Gasteiger charge is 2.30. The lowest BCUT2D eigenvalue weighted by Crippen LogP contribution is -2.06. The number of carbonyl (C=O) groups excluding carboxylic acids is 1. The molecule has 0 unspecified atom stereocenters. The van der Waals surface area contributed by atoms with Crippen molar-refractivity contribution < 1.29 is 27.1 Å². The second-order valence-electron chi connectivity index (χ2n) is 4.49. The predicted molar refractivity (Wildman–Crippen MR) is 72.8 cm³/mol. The van der Waals surface area contributed by atoms with E-state index in [-0.39, 0.29) is 23.3 Å². The molecule has 0 heterocycles. The number of esters is 1. The van der Waals surface area contributed by atoms with Gasteiger partial charge in [0.1, 0.15) is 5.82 Å². The minimum Gasteiger partial charge on any atom is -0.462 e. The van der Waals surface area contributed by atoms with Crippen molar-refractivity contribution in [2.75, 3.05) is 6.61 Å². The van der Waals surface area contributed by atoms with Crippen LogP contribution in [0.15, 0.2) is 42.5 Å². The summed E-state index contributed by atoms with van der Waals surface area (Å²) in [5.41, 5.74) is -0.782. The van der Waals surface area contributed by atoms with Crippen molar-refractivity contribution in [1.29, 1.82) is 0 Å². The van der Waals surface area contributed by atoms with Crippen molar-refractivity contribution in [2.24, 2.45) is 0 Å². The highest BCUT2D eigenvalue weighted by Crippen LogP contribution is 2.33. The van der Waals surface area contributed by atoms with Crippen molar-refractivity contribution in [1.82, 2.24) is 0 Å². The third-order valence-corrected chi connectivity index (χ3v) is 2.98. The highest BCUT2D eigenvalue weighted by molar-refractivity contribution is 5.90. The van der Waals surface area contributed by atoms with Crippen molar-refractivity contribution in [3.8, 4) is 11.1 Å². The van der Waals surface area contributed by atoms with E-state index < -0.39 is 23.5 Å². The van der Waals surface area contributed by atoms with Gasteiger partial charge < -0.3 is 4.74 Å². The molecule has 0 spiro atoms. The van der Waals surface area contributed by atoms with Gasteiger partial charge in [0.25, 0.3) is 0 Å². The van der Waals surface area contributed by atoms with E-state index in [1.54, 1.807) is 6.92 Å². The molecule has 0 aliphatic heterocycles. The summed E-state index contributed by atoms with van der Waals surface area (Å²) in [6.07, 6.45) is -4.50. The SMILES string of the molecule is CCOC(=O)c1ccc(-c2cccc(C(F)(F)F)c2)c(F)c1. The number of ether oxygens (including phenoxy) is 1. The average molecular weight is 312 g/mol. The van der Waals surface area contributed by atoms with E-state index in [9.17, 15) is 22.4 Å². The molecule has 0 bridgehead atoms. The molecular weight excluding hydrogens is 300 g/mol. The Morgan fingerprint density at radius 2 is 1.86 bits per heavy atom. The van der Waals surface area contributed by atoms with E-state index in [0.29, 0.717) is 0 Å². The van der Waals surface area contributed by atoms with Gasteiger partial charge in [-0.3, -0.25) is 0 Å². The number of hydrogen-bond donors (Lipinski definition) is 0. The first-order valence-electron chi connectivity index (χ1n) is 6.47. The van der Waals surface area contributed by atoms with Crippen LogP contribution >= 0.6 is 0 Å². The van der Waals surface area contributed by atoms with Gasteiger partial charge in [-0.1, -0.05) is 18.2 Å². The summed E-state index contributed by atoms with van der Waals surface area (Å²) >= 11 is 0. The minimum atomic E-state index is -4.50. The van der Waals surface area contributed by atoms with Gasteiger partial charge in [0, 0.05) is 5.56 Å². The average Bonchev–Trinajstić information content (AvgIpc) is 2.46. The van der Waals surface area contributed by atoms with Crippen LogP contribution in [-0.4, -0.2) is 12.6 Å². The van der Waals surface area contributed by atoms with Crippen LogP contribution in [-0.2, 0) is 10.9 Å². The quantitative estimate of drug-likeness (QED) is 0.607. The molecule has 6 heteroatoms. The monoisotopic (exact) mass is 312 g/mol. The Hall–Kier alpha value is -2.37. The Kier molecular flexibility index (Phi) is 4.49. The lowest BCUT2D eigenvalue weighted by atomic mass is 10.0. The van der Waals surface area contributed by atoms with Crippen LogP contribution in [0.2, 0.25) is 0 Å². The topological polar surface area (TPSA) is 26.3 Å². The number of benzene rings is 2. The van der Waals surface area contributed by atoms with E-state index in [1.165, 1.54) is 24.3 Å². The number of hydrogen-bond acceptors (Lipinski definition) is 2. The molecule has 22 heavy (non-hydrogen) atoms. The second kappa shape index (κ2) is 6.17. The molecule has 0 radical (unpaired) electrons. The first-order chi connectivity index (χ1) is 10.3.